The van der Waals surface area contributed by atoms with Crippen LogP contribution in [-0.4, -0.2) is 107 Å². The first kappa shape index (κ1) is 78.5. The molecular formula is C76H95F6IN14O2Sn. The quantitative estimate of drug-likeness (QED) is 0.0112. The summed E-state index contributed by atoms with van der Waals surface area (Å²) in [7, 11) is 0. The molecule has 2 N–H and O–H groups in total. The zero-order valence-corrected chi connectivity index (χ0v) is 65.0. The second-order valence-electron chi connectivity index (χ2n) is 29.3. The summed E-state index contributed by atoms with van der Waals surface area (Å²) in [6.45, 7) is 32.8. The van der Waals surface area contributed by atoms with Gasteiger partial charge in [-0.3, -0.25) is 14.8 Å². The van der Waals surface area contributed by atoms with Crippen molar-refractivity contribution in [2.75, 3.05) is 30.3 Å². The van der Waals surface area contributed by atoms with Crippen molar-refractivity contribution in [2.24, 2.45) is 10.8 Å². The van der Waals surface area contributed by atoms with E-state index in [1.54, 1.807) is 44.4 Å². The van der Waals surface area contributed by atoms with Gasteiger partial charge >= 0.3 is 120 Å². The number of hydrogen-bond acceptors (Lipinski definition) is 14. The fourth-order valence-corrected chi connectivity index (χ4v) is 28.3. The molecule has 24 heteroatoms. The summed E-state index contributed by atoms with van der Waals surface area (Å²) in [5.41, 5.74) is 5.84. The predicted molar refractivity (Wildman–Crippen MR) is 393 cm³/mol. The molecule has 10 rings (SSSR count). The van der Waals surface area contributed by atoms with E-state index in [0.717, 1.165) is 43.5 Å². The van der Waals surface area contributed by atoms with Crippen LogP contribution in [-0.2, 0) is 28.7 Å². The minimum atomic E-state index is -2.58. The molecule has 0 unspecified atom stereocenters. The maximum atomic E-state index is 14.0. The molecule has 0 amide bonds. The second-order valence-corrected chi connectivity index (χ2v) is 43.6. The Morgan fingerprint density at radius 1 is 0.670 bits per heavy atom. The van der Waals surface area contributed by atoms with Crippen LogP contribution < -0.4 is 10.6 Å². The summed E-state index contributed by atoms with van der Waals surface area (Å²) < 4.78 is 98.2. The molecule has 534 valence electrons. The average Bonchev–Trinajstić information content (AvgIpc) is 1.55. The number of carbonyl (C=O) groups excluding carboxylic acids is 1. The number of unbranched alkanes of at least 4 members (excludes halogenated alkanes) is 3. The molecule has 2 fully saturated rings. The Morgan fingerprint density at radius 3 is 1.44 bits per heavy atom. The van der Waals surface area contributed by atoms with Gasteiger partial charge < -0.3 is 10.6 Å². The molecule has 100 heavy (non-hydrogen) atoms. The Hall–Kier alpha value is -7.26. The van der Waals surface area contributed by atoms with Gasteiger partial charge in [0.15, 0.2) is 5.78 Å². The first-order valence-corrected chi connectivity index (χ1v) is 43.3. The molecule has 2 aromatic carbocycles. The van der Waals surface area contributed by atoms with E-state index in [1.807, 2.05) is 18.2 Å². The van der Waals surface area contributed by atoms with E-state index < -0.39 is 66.0 Å². The largest absolute Gasteiger partial charge is 0.383 e. The molecule has 0 aliphatic heterocycles. The topological polar surface area (TPSA) is 211 Å². The number of alkyl halides is 4. The van der Waals surface area contributed by atoms with Crippen molar-refractivity contribution in [3.05, 3.63) is 161 Å². The number of aromatic nitrogens is 10. The maximum Gasteiger partial charge on any atom is 0.263 e. The van der Waals surface area contributed by atoms with E-state index in [4.69, 9.17) is 4.74 Å². The Labute approximate surface area is 602 Å². The number of nitriles is 2. The average molecular weight is 1600 g/mol. The van der Waals surface area contributed by atoms with Crippen LogP contribution in [0, 0.1) is 62.8 Å². The zero-order valence-electron chi connectivity index (χ0n) is 60.0. The Kier molecular flexibility index (Phi) is 26.4. The number of pyridine rings is 4. The molecule has 2 aliphatic rings. The fraction of sp³-hybridized carbons (Fsp3) is 0.513. The van der Waals surface area contributed by atoms with Gasteiger partial charge in [0.2, 0.25) is 11.9 Å². The number of halogens is 7. The molecule has 0 saturated heterocycles. The number of anilines is 2. The molecule has 16 nitrogen and oxygen atoms in total. The molecule has 0 radical (unpaired) electrons. The van der Waals surface area contributed by atoms with Gasteiger partial charge in [0.1, 0.15) is 23.2 Å². The third-order valence-electron chi connectivity index (χ3n) is 19.0. The standard InChI is InChI=1S/C31H32F3N7O.C29H29F3IN7.C4H7O.3C4H9.Sn/c1-17-21(6-7-26(32)38-17)23(25-15-41(40-39-25)31(8-9-31)29(33)34)11-19-10-22(18(2)42)28-24(12-19)27(20(13-35)14-36-28)37-16-30(3,4)5;1-16-19(5-6-24(30)37-16)20(23-14-40(39-38-23)29(7-8-29)27(31)32)9-17-10-21-25(36-15-28(2,3)4)18(12-34)13-35-26(21)22(33)11-17;1-3-5-4-2;3*1-3-4-2;/h6-7,10,12,14-15,23,29H,8-9,11,16H2,1-5H3,(H,36,37);5-6,10-11,13-14,20,27H,7-9,15H2,1-4H3,(H,35,36);1,4H2,2H3;3*1,3-4H2,2H3;/t23-;20-;;;;;/m00...../s1. The van der Waals surface area contributed by atoms with Crippen LogP contribution in [0.2, 0.25) is 13.3 Å². The van der Waals surface area contributed by atoms with Gasteiger partial charge in [-0.1, -0.05) is 64.1 Å². The first-order chi connectivity index (χ1) is 47.4. The third-order valence-corrected chi connectivity index (χ3v) is 34.8. The summed E-state index contributed by atoms with van der Waals surface area (Å²) in [4.78, 5) is 29.8. The molecule has 0 bridgehead atoms. The Balaban J connectivity index is 0.000000206. The van der Waals surface area contributed by atoms with E-state index in [0.29, 0.717) is 107 Å². The molecule has 6 aromatic heterocycles. The van der Waals surface area contributed by atoms with Crippen molar-refractivity contribution in [2.45, 2.75) is 216 Å². The van der Waals surface area contributed by atoms with E-state index in [2.05, 4.69) is 162 Å². The number of carbonyl (C=O) groups is 1. The Bertz CT molecular complexity index is 4250. The van der Waals surface area contributed by atoms with E-state index in [-0.39, 0.29) is 23.0 Å². The van der Waals surface area contributed by atoms with Crippen LogP contribution in [0.15, 0.2) is 83.7 Å². The van der Waals surface area contributed by atoms with E-state index in [9.17, 15) is 41.7 Å². The van der Waals surface area contributed by atoms with Crippen molar-refractivity contribution >= 4 is 79.9 Å². The Morgan fingerprint density at radius 2 is 1.08 bits per heavy atom. The van der Waals surface area contributed by atoms with Gasteiger partial charge in [-0.2, -0.15) is 19.3 Å². The summed E-state index contributed by atoms with van der Waals surface area (Å²) >= 11 is -0.00755. The number of Topliss-reactive ketones (excluding diaryl/α,β-unsaturated/α-hetero) is 1. The van der Waals surface area contributed by atoms with E-state index >= 15 is 0 Å². The maximum absolute atomic E-state index is 14.0. The predicted octanol–water partition coefficient (Wildman–Crippen LogP) is 19.0. The SMILES string of the molecule is C=[C](OCC)[Sn]([CH2]CCC)([CH2]CCC)[CH2]CCC.CC(=O)c1cc(C[C@H](c2cn(C3(C(F)F)CC3)nn2)c2ccc(F)nc2C)cc2c(NCC(C)(C)C)c(C#N)cnc12.Cc1nc(F)ccc1[C@H](Cc1cc(I)c2ncc(C#N)c(NCC(C)(C)C)c2c1)c1cn(C2(C(F)F)CC2)nn1. The van der Waals surface area contributed by atoms with Gasteiger partial charge in [-0.15, -0.1) is 10.2 Å². The van der Waals surface area contributed by atoms with Crippen LogP contribution in [0.1, 0.15) is 219 Å². The van der Waals surface area contributed by atoms with Crippen LogP contribution in [0.25, 0.3) is 21.8 Å². The molecular weight excluding hydrogens is 1500 g/mol. The van der Waals surface area contributed by atoms with Crippen molar-refractivity contribution in [3.8, 4) is 12.1 Å². The van der Waals surface area contributed by atoms with Crippen molar-refractivity contribution in [3.63, 3.8) is 0 Å². The van der Waals surface area contributed by atoms with Crippen molar-refractivity contribution in [1.82, 2.24) is 49.9 Å². The number of nitrogens with zero attached hydrogens (tertiary/aromatic N) is 12. The molecule has 8 aromatic rings. The zero-order chi connectivity index (χ0) is 73.1. The molecule has 2 aliphatic carbocycles. The third kappa shape index (κ3) is 18.9. The molecule has 2 atom stereocenters. The van der Waals surface area contributed by atoms with Crippen molar-refractivity contribution in [1.29, 1.82) is 10.5 Å². The van der Waals surface area contributed by atoms with Crippen LogP contribution >= 0.6 is 22.6 Å². The number of aryl methyl sites for hydroxylation is 2. The molecule has 0 spiro atoms. The number of hydrogen-bond donors (Lipinski definition) is 2. The smallest absolute Gasteiger partial charge is 0.263 e. The van der Waals surface area contributed by atoms with Gasteiger partial charge in [-0.25, -0.2) is 36.9 Å². The number of benzene rings is 2. The van der Waals surface area contributed by atoms with Gasteiger partial charge in [0, 0.05) is 81.0 Å². The van der Waals surface area contributed by atoms with E-state index in [1.165, 1.54) is 96.4 Å². The summed E-state index contributed by atoms with van der Waals surface area (Å²) in [5.74, 6) is -2.38. The number of fused-ring (bicyclic) bond motifs is 2. The minimum Gasteiger partial charge on any atom is -0.383 e. The van der Waals surface area contributed by atoms with Crippen molar-refractivity contribution < 1.29 is 35.9 Å². The number of ether oxygens (including phenoxy) is 1. The number of ketones is 1. The van der Waals surface area contributed by atoms with Crippen LogP contribution in [0.3, 0.4) is 0 Å². The minimum absolute atomic E-state index is 0.0196. The van der Waals surface area contributed by atoms with Gasteiger partial charge in [0.05, 0.1) is 44.9 Å². The first-order valence-electron chi connectivity index (χ1n) is 34.8. The molecule has 2 saturated carbocycles. The van der Waals surface area contributed by atoms with Gasteiger partial charge in [-0.05, 0) is 151 Å². The summed E-state index contributed by atoms with van der Waals surface area (Å²) in [6.07, 6.45) is 11.1. The molecule has 6 heterocycles. The summed E-state index contributed by atoms with van der Waals surface area (Å²) in [5, 5.41) is 44.7. The summed E-state index contributed by atoms with van der Waals surface area (Å²) in [6, 6.07) is 17.9. The fourth-order valence-electron chi connectivity index (χ4n) is 12.8. The van der Waals surface area contributed by atoms with Crippen LogP contribution in [0.4, 0.5) is 37.7 Å². The second kappa shape index (κ2) is 33.7. The number of nitrogens with one attached hydrogen (secondary N) is 2. The monoisotopic (exact) mass is 1600 g/mol. The van der Waals surface area contributed by atoms with Gasteiger partial charge in [0.25, 0.3) is 12.9 Å². The van der Waals surface area contributed by atoms with Crippen LogP contribution in [0.5, 0.6) is 0 Å². The normalized spacial score (nSPS) is 14.5. The number of rotatable bonds is 29.